The molecule has 0 saturated heterocycles. The minimum absolute atomic E-state index is 0.0355. The number of hydrogen-bond acceptors (Lipinski definition) is 4. The summed E-state index contributed by atoms with van der Waals surface area (Å²) in [6.45, 7) is 6.27. The van der Waals surface area contributed by atoms with E-state index in [2.05, 4.69) is 19.2 Å². The summed E-state index contributed by atoms with van der Waals surface area (Å²) in [5.74, 6) is -0.590. The van der Waals surface area contributed by atoms with Gasteiger partial charge in [-0.2, -0.15) is 0 Å². The molecule has 0 aliphatic rings. The molecule has 0 heterocycles. The molecule has 144 valence electrons. The van der Waals surface area contributed by atoms with Crippen LogP contribution in [0.25, 0.3) is 0 Å². The van der Waals surface area contributed by atoms with Crippen molar-refractivity contribution in [1.82, 2.24) is 0 Å². The molecule has 0 bridgehead atoms. The quantitative estimate of drug-likeness (QED) is 0.695. The Hall–Kier alpha value is -2.89. The van der Waals surface area contributed by atoms with E-state index in [1.54, 1.807) is 30.3 Å². The van der Waals surface area contributed by atoms with Crippen LogP contribution in [0.2, 0.25) is 0 Å². The van der Waals surface area contributed by atoms with Crippen molar-refractivity contribution in [2.24, 2.45) is 5.92 Å². The predicted octanol–water partition coefficient (Wildman–Crippen LogP) is 4.43. The Labute approximate surface area is 158 Å². The molecular weight excluding hydrogens is 349 g/mol. The summed E-state index contributed by atoms with van der Waals surface area (Å²) < 4.78 is 24.3. The van der Waals surface area contributed by atoms with Crippen molar-refractivity contribution in [3.8, 4) is 5.75 Å². The summed E-state index contributed by atoms with van der Waals surface area (Å²) in [6, 6.07) is 12.3. The molecule has 1 amide bonds. The zero-order chi connectivity index (χ0) is 19.8. The van der Waals surface area contributed by atoms with Gasteiger partial charge >= 0.3 is 5.97 Å². The second-order valence-corrected chi connectivity index (χ2v) is 6.57. The Morgan fingerprint density at radius 2 is 1.70 bits per heavy atom. The monoisotopic (exact) mass is 373 g/mol. The molecule has 2 aromatic rings. The van der Waals surface area contributed by atoms with E-state index in [1.165, 1.54) is 25.1 Å². The van der Waals surface area contributed by atoms with Gasteiger partial charge in [-0.1, -0.05) is 26.0 Å². The molecule has 0 aliphatic carbocycles. The highest BCUT2D eigenvalue weighted by Crippen LogP contribution is 2.16. The van der Waals surface area contributed by atoms with Crippen molar-refractivity contribution in [2.75, 3.05) is 11.9 Å². The average Bonchev–Trinajstić information content (AvgIpc) is 2.63. The molecule has 2 aromatic carbocycles. The highest BCUT2D eigenvalue weighted by atomic mass is 19.1. The van der Waals surface area contributed by atoms with Crippen LogP contribution in [0.1, 0.15) is 37.6 Å². The minimum atomic E-state index is -1.07. The van der Waals surface area contributed by atoms with Crippen LogP contribution in [0.4, 0.5) is 10.1 Å². The molecule has 0 spiro atoms. The third-order valence-electron chi connectivity index (χ3n) is 3.84. The first-order chi connectivity index (χ1) is 12.9. The number of carbonyl (C=O) groups excluding carboxylic acids is 2. The molecular formula is C21H24FNO4. The number of esters is 1. The molecule has 0 saturated carbocycles. The summed E-state index contributed by atoms with van der Waals surface area (Å²) >= 11 is 0. The molecule has 5 nitrogen and oxygen atoms in total. The van der Waals surface area contributed by atoms with E-state index in [0.717, 1.165) is 6.42 Å². The lowest BCUT2D eigenvalue weighted by Crippen LogP contribution is -2.30. The Bertz CT molecular complexity index is 774. The summed E-state index contributed by atoms with van der Waals surface area (Å²) in [5, 5.41) is 2.40. The number of ether oxygens (including phenoxy) is 2. The highest BCUT2D eigenvalue weighted by molar-refractivity contribution is 5.97. The number of anilines is 1. The molecule has 0 fully saturated rings. The van der Waals surface area contributed by atoms with Crippen LogP contribution < -0.4 is 10.1 Å². The minimum Gasteiger partial charge on any atom is -0.494 e. The molecule has 1 unspecified atom stereocenters. The molecule has 0 aromatic heterocycles. The summed E-state index contributed by atoms with van der Waals surface area (Å²) in [7, 11) is 0. The van der Waals surface area contributed by atoms with E-state index >= 15 is 0 Å². The predicted molar refractivity (Wildman–Crippen MR) is 101 cm³/mol. The van der Waals surface area contributed by atoms with Crippen LogP contribution >= 0.6 is 0 Å². The molecule has 0 radical (unpaired) electrons. The van der Waals surface area contributed by atoms with E-state index in [1.807, 2.05) is 0 Å². The number of rotatable bonds is 8. The van der Waals surface area contributed by atoms with Gasteiger partial charge in [0.2, 0.25) is 0 Å². The van der Waals surface area contributed by atoms with Gasteiger partial charge in [-0.25, -0.2) is 9.18 Å². The molecule has 2 rings (SSSR count). The van der Waals surface area contributed by atoms with Gasteiger partial charge in [-0.05, 0) is 55.7 Å². The van der Waals surface area contributed by atoms with E-state index in [-0.39, 0.29) is 5.69 Å². The maximum Gasteiger partial charge on any atom is 0.338 e. The van der Waals surface area contributed by atoms with Crippen molar-refractivity contribution in [1.29, 1.82) is 0 Å². The van der Waals surface area contributed by atoms with Gasteiger partial charge in [0.15, 0.2) is 6.10 Å². The number of hydrogen-bond donors (Lipinski definition) is 1. The highest BCUT2D eigenvalue weighted by Gasteiger charge is 2.20. The van der Waals surface area contributed by atoms with E-state index in [9.17, 15) is 14.0 Å². The number of nitrogens with one attached hydrogen (secondary N) is 1. The third kappa shape index (κ3) is 6.40. The normalized spacial score (nSPS) is 11.7. The number of halogens is 1. The first kappa shape index (κ1) is 20.4. The Morgan fingerprint density at radius 1 is 1.04 bits per heavy atom. The fourth-order valence-corrected chi connectivity index (χ4v) is 2.18. The van der Waals surface area contributed by atoms with Gasteiger partial charge in [-0.3, -0.25) is 4.79 Å². The Kier molecular flexibility index (Phi) is 7.34. The number of carbonyl (C=O) groups is 2. The van der Waals surface area contributed by atoms with Crippen LogP contribution in [0, 0.1) is 11.7 Å². The molecule has 1 N–H and O–H groups in total. The zero-order valence-electron chi connectivity index (χ0n) is 15.7. The molecule has 6 heteroatoms. The Morgan fingerprint density at radius 3 is 2.33 bits per heavy atom. The van der Waals surface area contributed by atoms with Crippen LogP contribution in [-0.2, 0) is 9.53 Å². The lowest BCUT2D eigenvalue weighted by Gasteiger charge is -2.14. The number of amides is 1. The zero-order valence-corrected chi connectivity index (χ0v) is 15.7. The topological polar surface area (TPSA) is 64.6 Å². The smallest absolute Gasteiger partial charge is 0.338 e. The molecule has 0 aliphatic heterocycles. The lowest BCUT2D eigenvalue weighted by molar-refractivity contribution is -0.123. The van der Waals surface area contributed by atoms with Crippen LogP contribution in [0.3, 0.4) is 0 Å². The maximum absolute atomic E-state index is 13.6. The second kappa shape index (κ2) is 9.71. The van der Waals surface area contributed by atoms with Crippen LogP contribution in [0.15, 0.2) is 48.5 Å². The van der Waals surface area contributed by atoms with Crippen molar-refractivity contribution in [3.63, 3.8) is 0 Å². The van der Waals surface area contributed by atoms with Crippen molar-refractivity contribution in [3.05, 3.63) is 59.9 Å². The van der Waals surface area contributed by atoms with Gasteiger partial charge in [0.1, 0.15) is 11.6 Å². The fraction of sp³-hybridized carbons (Fsp3) is 0.333. The van der Waals surface area contributed by atoms with Gasteiger partial charge in [0.25, 0.3) is 5.91 Å². The van der Waals surface area contributed by atoms with Gasteiger partial charge in [0.05, 0.1) is 17.9 Å². The van der Waals surface area contributed by atoms with Crippen molar-refractivity contribution >= 4 is 17.6 Å². The SMILES string of the molecule is CC(C)CCOc1ccc(C(=O)OC(C)C(=O)Nc2ccccc2F)cc1. The van der Waals surface area contributed by atoms with Gasteiger partial charge in [-0.15, -0.1) is 0 Å². The number of para-hydroxylation sites is 1. The summed E-state index contributed by atoms with van der Waals surface area (Å²) in [6.07, 6.45) is -0.127. The van der Waals surface area contributed by atoms with Crippen LogP contribution in [-0.4, -0.2) is 24.6 Å². The molecule has 27 heavy (non-hydrogen) atoms. The summed E-state index contributed by atoms with van der Waals surface area (Å²) in [5.41, 5.74) is 0.338. The van der Waals surface area contributed by atoms with Gasteiger partial charge < -0.3 is 14.8 Å². The summed E-state index contributed by atoms with van der Waals surface area (Å²) in [4.78, 5) is 24.3. The van der Waals surface area contributed by atoms with Crippen molar-refractivity contribution < 1.29 is 23.5 Å². The standard InChI is InChI=1S/C21H24FNO4/c1-14(2)12-13-26-17-10-8-16(9-11-17)21(25)27-15(3)20(24)23-19-7-5-4-6-18(19)22/h4-11,14-15H,12-13H2,1-3H3,(H,23,24). The van der Waals surface area contributed by atoms with E-state index in [4.69, 9.17) is 9.47 Å². The van der Waals surface area contributed by atoms with E-state index in [0.29, 0.717) is 23.8 Å². The first-order valence-corrected chi connectivity index (χ1v) is 8.86. The van der Waals surface area contributed by atoms with Gasteiger partial charge in [0, 0.05) is 0 Å². The molecule has 1 atom stereocenters. The lowest BCUT2D eigenvalue weighted by atomic mass is 10.1. The largest absolute Gasteiger partial charge is 0.494 e. The van der Waals surface area contributed by atoms with Crippen LogP contribution in [0.5, 0.6) is 5.75 Å². The second-order valence-electron chi connectivity index (χ2n) is 6.57. The average molecular weight is 373 g/mol. The van der Waals surface area contributed by atoms with Crippen molar-refractivity contribution in [2.45, 2.75) is 33.3 Å². The van der Waals surface area contributed by atoms with E-state index < -0.39 is 23.8 Å². The fourth-order valence-electron chi connectivity index (χ4n) is 2.18. The number of benzene rings is 2. The maximum atomic E-state index is 13.6. The Balaban J connectivity index is 1.88. The first-order valence-electron chi connectivity index (χ1n) is 8.86. The third-order valence-corrected chi connectivity index (χ3v) is 3.84.